The molecule has 6 nitrogen and oxygen atoms in total. The number of ether oxygens (including phenoxy) is 6. The van der Waals surface area contributed by atoms with E-state index in [1.165, 1.54) is 0 Å². The molecule has 1 heterocycles. The number of benzene rings is 2. The second kappa shape index (κ2) is 8.33. The maximum Gasteiger partial charge on any atom is 0.204 e. The van der Waals surface area contributed by atoms with Gasteiger partial charge in [-0.3, -0.25) is 0 Å². The Balaban J connectivity index is 2.04. The third-order valence-corrected chi connectivity index (χ3v) is 4.68. The summed E-state index contributed by atoms with van der Waals surface area (Å²) in [6.45, 7) is 5.75. The van der Waals surface area contributed by atoms with Crippen molar-refractivity contribution in [2.24, 2.45) is 0 Å². The Labute approximate surface area is 165 Å². The van der Waals surface area contributed by atoms with Gasteiger partial charge in [-0.05, 0) is 43.2 Å². The molecule has 0 saturated heterocycles. The molecule has 1 aliphatic heterocycles. The molecule has 0 radical (unpaired) electrons. The van der Waals surface area contributed by atoms with Crippen molar-refractivity contribution in [3.63, 3.8) is 0 Å². The Hall–Kier alpha value is -3.02. The third-order valence-electron chi connectivity index (χ3n) is 4.68. The fourth-order valence-electron chi connectivity index (χ4n) is 3.36. The van der Waals surface area contributed by atoms with E-state index in [0.29, 0.717) is 40.9 Å². The summed E-state index contributed by atoms with van der Waals surface area (Å²) in [6, 6.07) is 7.65. The minimum Gasteiger partial charge on any atom is -0.493 e. The molecule has 2 atom stereocenters. The Kier molecular flexibility index (Phi) is 5.87. The van der Waals surface area contributed by atoms with Crippen molar-refractivity contribution >= 4 is 0 Å². The normalized spacial score (nSPS) is 17.6. The number of hydrogen-bond acceptors (Lipinski definition) is 6. The van der Waals surface area contributed by atoms with Crippen LogP contribution in [0.4, 0.5) is 0 Å². The summed E-state index contributed by atoms with van der Waals surface area (Å²) in [4.78, 5) is 0. The molecule has 0 bridgehead atoms. The zero-order valence-electron chi connectivity index (χ0n) is 16.9. The average Bonchev–Trinajstić information content (AvgIpc) is 2.72. The van der Waals surface area contributed by atoms with Gasteiger partial charge >= 0.3 is 0 Å². The van der Waals surface area contributed by atoms with E-state index in [2.05, 4.69) is 6.58 Å². The standard InChI is InChI=1S/C22H26O6/c1-7-8-14-9-16(23-3)22-19(10-14)28-20(13(2)27-22)15-11-17(24-4)21(26-6)18(12-15)25-5/h7,9-13,20H,1,8H2,2-6H3/t13-,20-/m0/s1. The van der Waals surface area contributed by atoms with Crippen LogP contribution in [-0.4, -0.2) is 34.5 Å². The molecule has 0 saturated carbocycles. The van der Waals surface area contributed by atoms with Gasteiger partial charge in [0.25, 0.3) is 0 Å². The zero-order chi connectivity index (χ0) is 20.3. The highest BCUT2D eigenvalue weighted by atomic mass is 16.6. The van der Waals surface area contributed by atoms with Gasteiger partial charge < -0.3 is 28.4 Å². The number of rotatable bonds is 7. The number of hydrogen-bond donors (Lipinski definition) is 0. The van der Waals surface area contributed by atoms with E-state index in [-0.39, 0.29) is 12.2 Å². The third kappa shape index (κ3) is 3.54. The van der Waals surface area contributed by atoms with E-state index in [9.17, 15) is 0 Å². The number of methoxy groups -OCH3 is 4. The molecule has 0 aliphatic carbocycles. The van der Waals surface area contributed by atoms with Crippen molar-refractivity contribution < 1.29 is 28.4 Å². The quantitative estimate of drug-likeness (QED) is 0.660. The van der Waals surface area contributed by atoms with Crippen LogP contribution in [0.15, 0.2) is 36.9 Å². The van der Waals surface area contributed by atoms with Gasteiger partial charge in [0.15, 0.2) is 29.1 Å². The average molecular weight is 386 g/mol. The lowest BCUT2D eigenvalue weighted by Gasteiger charge is -2.33. The molecular formula is C22H26O6. The van der Waals surface area contributed by atoms with E-state index >= 15 is 0 Å². The molecule has 28 heavy (non-hydrogen) atoms. The van der Waals surface area contributed by atoms with E-state index < -0.39 is 0 Å². The fraction of sp³-hybridized carbons (Fsp3) is 0.364. The van der Waals surface area contributed by atoms with Crippen molar-refractivity contribution in [2.45, 2.75) is 25.6 Å². The fourth-order valence-corrected chi connectivity index (χ4v) is 3.36. The highest BCUT2D eigenvalue weighted by Gasteiger charge is 2.33. The van der Waals surface area contributed by atoms with Crippen LogP contribution in [-0.2, 0) is 6.42 Å². The lowest BCUT2D eigenvalue weighted by Crippen LogP contribution is -2.31. The molecule has 0 spiro atoms. The van der Waals surface area contributed by atoms with Gasteiger partial charge in [0.2, 0.25) is 11.5 Å². The molecular weight excluding hydrogens is 360 g/mol. The molecule has 0 fully saturated rings. The predicted molar refractivity (Wildman–Crippen MR) is 106 cm³/mol. The molecule has 1 aliphatic rings. The van der Waals surface area contributed by atoms with Gasteiger partial charge in [0.05, 0.1) is 28.4 Å². The second-order valence-electron chi connectivity index (χ2n) is 6.44. The van der Waals surface area contributed by atoms with Gasteiger partial charge in [-0.25, -0.2) is 0 Å². The maximum atomic E-state index is 6.34. The van der Waals surface area contributed by atoms with Crippen LogP contribution in [0.5, 0.6) is 34.5 Å². The molecule has 6 heteroatoms. The summed E-state index contributed by atoms with van der Waals surface area (Å²) in [5.74, 6) is 3.55. The van der Waals surface area contributed by atoms with Crippen molar-refractivity contribution in [1.29, 1.82) is 0 Å². The minimum atomic E-state index is -0.357. The Bertz CT molecular complexity index is 835. The minimum absolute atomic E-state index is 0.255. The molecule has 2 aromatic carbocycles. The lowest BCUT2D eigenvalue weighted by molar-refractivity contribution is 0.0278. The Morgan fingerprint density at radius 2 is 1.54 bits per heavy atom. The van der Waals surface area contributed by atoms with Crippen molar-refractivity contribution in [3.05, 3.63) is 48.0 Å². The Morgan fingerprint density at radius 3 is 2.07 bits per heavy atom. The molecule has 3 rings (SSSR count). The van der Waals surface area contributed by atoms with Crippen molar-refractivity contribution in [2.75, 3.05) is 28.4 Å². The molecule has 0 amide bonds. The first-order valence-electron chi connectivity index (χ1n) is 9.01. The van der Waals surface area contributed by atoms with Crippen LogP contribution < -0.4 is 28.4 Å². The van der Waals surface area contributed by atoms with Crippen LogP contribution in [0.2, 0.25) is 0 Å². The highest BCUT2D eigenvalue weighted by molar-refractivity contribution is 5.57. The van der Waals surface area contributed by atoms with Gasteiger partial charge in [-0.1, -0.05) is 6.08 Å². The SMILES string of the molecule is C=CCc1cc(OC)c2c(c1)O[C@H](c1cc(OC)c(OC)c(OC)c1)[C@H](C)O2. The van der Waals surface area contributed by atoms with Gasteiger partial charge in [0, 0.05) is 5.56 Å². The molecule has 0 aromatic heterocycles. The van der Waals surface area contributed by atoms with Crippen LogP contribution in [0.1, 0.15) is 24.2 Å². The molecule has 0 N–H and O–H groups in total. The smallest absolute Gasteiger partial charge is 0.204 e. The Morgan fingerprint density at radius 1 is 0.893 bits per heavy atom. The van der Waals surface area contributed by atoms with Crippen LogP contribution in [0.3, 0.4) is 0 Å². The number of allylic oxidation sites excluding steroid dienone is 1. The van der Waals surface area contributed by atoms with E-state index in [1.54, 1.807) is 28.4 Å². The topological polar surface area (TPSA) is 55.4 Å². The van der Waals surface area contributed by atoms with Gasteiger partial charge in [-0.2, -0.15) is 0 Å². The van der Waals surface area contributed by atoms with E-state index in [1.807, 2.05) is 37.3 Å². The van der Waals surface area contributed by atoms with Crippen LogP contribution in [0, 0.1) is 0 Å². The highest BCUT2D eigenvalue weighted by Crippen LogP contribution is 2.48. The molecule has 2 aromatic rings. The lowest BCUT2D eigenvalue weighted by atomic mass is 10.0. The van der Waals surface area contributed by atoms with Gasteiger partial charge in [0.1, 0.15) is 6.10 Å². The maximum absolute atomic E-state index is 6.34. The number of fused-ring (bicyclic) bond motifs is 1. The first-order chi connectivity index (χ1) is 13.6. The summed E-state index contributed by atoms with van der Waals surface area (Å²) >= 11 is 0. The van der Waals surface area contributed by atoms with Crippen molar-refractivity contribution in [1.82, 2.24) is 0 Å². The first kappa shape index (κ1) is 19.7. The summed E-state index contributed by atoms with van der Waals surface area (Å²) < 4.78 is 34.4. The van der Waals surface area contributed by atoms with Crippen molar-refractivity contribution in [3.8, 4) is 34.5 Å². The monoisotopic (exact) mass is 386 g/mol. The first-order valence-corrected chi connectivity index (χ1v) is 9.01. The largest absolute Gasteiger partial charge is 0.493 e. The molecule has 150 valence electrons. The molecule has 0 unspecified atom stereocenters. The van der Waals surface area contributed by atoms with Gasteiger partial charge in [-0.15, -0.1) is 6.58 Å². The van der Waals surface area contributed by atoms with Crippen LogP contribution >= 0.6 is 0 Å². The predicted octanol–water partition coefficient (Wildman–Crippen LogP) is 4.35. The summed E-state index contributed by atoms with van der Waals surface area (Å²) in [7, 11) is 6.37. The van der Waals surface area contributed by atoms with E-state index in [0.717, 1.165) is 11.1 Å². The summed E-state index contributed by atoms with van der Waals surface area (Å²) in [6.07, 6.45) is 1.93. The summed E-state index contributed by atoms with van der Waals surface area (Å²) in [5.41, 5.74) is 1.90. The zero-order valence-corrected chi connectivity index (χ0v) is 16.9. The second-order valence-corrected chi connectivity index (χ2v) is 6.44. The summed E-state index contributed by atoms with van der Waals surface area (Å²) in [5, 5.41) is 0. The van der Waals surface area contributed by atoms with Crippen LogP contribution in [0.25, 0.3) is 0 Å². The van der Waals surface area contributed by atoms with E-state index in [4.69, 9.17) is 28.4 Å².